The van der Waals surface area contributed by atoms with Crippen LogP contribution in [0.5, 0.6) is 0 Å². The van der Waals surface area contributed by atoms with Crippen LogP contribution >= 0.6 is 0 Å². The number of quaternary nitrogens is 1. The molecule has 9 heteroatoms. The van der Waals surface area contributed by atoms with Crippen LogP contribution in [0.25, 0.3) is 0 Å². The van der Waals surface area contributed by atoms with Crippen LogP contribution in [0.4, 0.5) is 0 Å². The summed E-state index contributed by atoms with van der Waals surface area (Å²) in [4.78, 5) is 37.6. The van der Waals surface area contributed by atoms with Gasteiger partial charge in [0, 0.05) is 12.8 Å². The summed E-state index contributed by atoms with van der Waals surface area (Å²) in [6.45, 7) is 4.80. The van der Waals surface area contributed by atoms with Crippen LogP contribution in [0.2, 0.25) is 0 Å². The molecular weight excluding hydrogens is 1010 g/mol. The minimum Gasteiger partial charge on any atom is -0.477 e. The number of hydrogen-bond acceptors (Lipinski definition) is 7. The fraction of sp³-hybridized carbons (Fsp3) is 0.792. The smallest absolute Gasteiger partial charge is 0.361 e. The van der Waals surface area contributed by atoms with E-state index in [1.165, 1.54) is 193 Å². The molecule has 9 nitrogen and oxygen atoms in total. The predicted octanol–water partition coefficient (Wildman–Crippen LogP) is 20.9. The van der Waals surface area contributed by atoms with Gasteiger partial charge < -0.3 is 28.5 Å². The number of allylic oxidation sites excluding steroid dienone is 12. The Morgan fingerprint density at radius 3 is 1.05 bits per heavy atom. The lowest BCUT2D eigenvalue weighted by molar-refractivity contribution is -0.870. The second kappa shape index (κ2) is 62.8. The average molecular weight is 1140 g/mol. The van der Waals surface area contributed by atoms with Gasteiger partial charge in [-0.05, 0) is 64.2 Å². The van der Waals surface area contributed by atoms with Crippen LogP contribution in [-0.2, 0) is 33.3 Å². The Kier molecular flexibility index (Phi) is 60.2. The van der Waals surface area contributed by atoms with Crippen molar-refractivity contribution < 1.29 is 42.9 Å². The summed E-state index contributed by atoms with van der Waals surface area (Å²) in [5.74, 6) is -2.00. The summed E-state index contributed by atoms with van der Waals surface area (Å²) in [5, 5.41) is 9.74. The number of nitrogens with zero attached hydrogens (tertiary/aromatic N) is 1. The van der Waals surface area contributed by atoms with Crippen LogP contribution in [0.3, 0.4) is 0 Å². The molecule has 0 fully saturated rings. The van der Waals surface area contributed by atoms with Gasteiger partial charge in [-0.1, -0.05) is 305 Å². The number of carbonyl (C=O) groups is 3. The molecule has 0 amide bonds. The maximum Gasteiger partial charge on any atom is 0.361 e. The highest BCUT2D eigenvalue weighted by Crippen LogP contribution is 2.18. The summed E-state index contributed by atoms with van der Waals surface area (Å²) in [5.41, 5.74) is 0. The number of unbranched alkanes of at least 4 members (excludes halogenated alkanes) is 36. The van der Waals surface area contributed by atoms with Gasteiger partial charge >= 0.3 is 17.9 Å². The van der Waals surface area contributed by atoms with Gasteiger partial charge in [-0.15, -0.1) is 0 Å². The topological polar surface area (TPSA) is 108 Å². The largest absolute Gasteiger partial charge is 0.477 e. The molecule has 0 heterocycles. The number of carboxylic acid groups (broad SMARTS) is 1. The fourth-order valence-corrected chi connectivity index (χ4v) is 9.79. The molecule has 0 aliphatic carbocycles. The average Bonchev–Trinajstić information content (AvgIpc) is 3.44. The molecule has 81 heavy (non-hydrogen) atoms. The first-order chi connectivity index (χ1) is 39.6. The van der Waals surface area contributed by atoms with E-state index in [-0.39, 0.29) is 32.2 Å². The number of carboxylic acids is 1. The molecule has 0 spiro atoms. The van der Waals surface area contributed by atoms with Crippen molar-refractivity contribution in [1.29, 1.82) is 0 Å². The molecule has 0 aromatic rings. The number of carbonyl (C=O) groups excluding carboxylic acids is 2. The van der Waals surface area contributed by atoms with Crippen molar-refractivity contribution in [2.75, 3.05) is 47.5 Å². The van der Waals surface area contributed by atoms with E-state index in [0.29, 0.717) is 23.9 Å². The summed E-state index contributed by atoms with van der Waals surface area (Å²) in [6, 6.07) is 0. The van der Waals surface area contributed by atoms with Crippen LogP contribution in [0, 0.1) is 0 Å². The predicted molar refractivity (Wildman–Crippen MR) is 346 cm³/mol. The minimum absolute atomic E-state index is 0.183. The van der Waals surface area contributed by atoms with Crippen molar-refractivity contribution in [2.45, 2.75) is 322 Å². The molecule has 0 aliphatic rings. The van der Waals surface area contributed by atoms with Crippen LogP contribution < -0.4 is 0 Å². The van der Waals surface area contributed by atoms with Gasteiger partial charge in [0.1, 0.15) is 13.2 Å². The SMILES string of the molecule is CC/C=C\C/C=C\C/C=C\C/C=C\C/C=C\C/C=C\CCCCCCCCCCCCC(=O)OC(COC(=O)CCCCCCCCCCCCCCCCCCCCCCCCCCCCC)COC(OCC[N+](C)(C)C)C(=O)O. The number of hydrogen-bond donors (Lipinski definition) is 1. The van der Waals surface area contributed by atoms with Crippen molar-refractivity contribution in [2.24, 2.45) is 0 Å². The molecule has 1 N–H and O–H groups in total. The highest BCUT2D eigenvalue weighted by molar-refractivity contribution is 5.71. The van der Waals surface area contributed by atoms with Gasteiger partial charge in [0.05, 0.1) is 34.4 Å². The van der Waals surface area contributed by atoms with Gasteiger partial charge in [0.15, 0.2) is 6.10 Å². The van der Waals surface area contributed by atoms with Crippen molar-refractivity contribution in [3.8, 4) is 0 Å². The van der Waals surface area contributed by atoms with Gasteiger partial charge in [-0.2, -0.15) is 0 Å². The number of ether oxygens (including phenoxy) is 4. The highest BCUT2D eigenvalue weighted by Gasteiger charge is 2.25. The molecular formula is C72H130NO8+. The first kappa shape index (κ1) is 77.7. The third-order valence-electron chi connectivity index (χ3n) is 15.0. The van der Waals surface area contributed by atoms with E-state index >= 15 is 0 Å². The van der Waals surface area contributed by atoms with Crippen molar-refractivity contribution in [1.82, 2.24) is 0 Å². The van der Waals surface area contributed by atoms with E-state index in [9.17, 15) is 19.5 Å². The quantitative estimate of drug-likeness (QED) is 0.0211. The number of rotatable bonds is 63. The summed E-state index contributed by atoms with van der Waals surface area (Å²) in [7, 11) is 5.98. The Morgan fingerprint density at radius 2 is 0.704 bits per heavy atom. The number of esters is 2. The third kappa shape index (κ3) is 64.1. The van der Waals surface area contributed by atoms with E-state index in [1.54, 1.807) is 0 Å². The maximum atomic E-state index is 12.9. The Balaban J connectivity index is 4.14. The van der Waals surface area contributed by atoms with Crippen LogP contribution in [0.15, 0.2) is 72.9 Å². The zero-order valence-corrected chi connectivity index (χ0v) is 53.7. The maximum absolute atomic E-state index is 12.9. The van der Waals surface area contributed by atoms with Crippen LogP contribution in [-0.4, -0.2) is 87.4 Å². The first-order valence-corrected chi connectivity index (χ1v) is 34.1. The highest BCUT2D eigenvalue weighted by atomic mass is 16.7. The van der Waals surface area contributed by atoms with Crippen molar-refractivity contribution in [3.05, 3.63) is 72.9 Å². The normalized spacial score (nSPS) is 13.1. The van der Waals surface area contributed by atoms with Crippen molar-refractivity contribution >= 4 is 17.9 Å². The summed E-state index contributed by atoms with van der Waals surface area (Å²) >= 11 is 0. The molecule has 470 valence electrons. The second-order valence-electron chi connectivity index (χ2n) is 24.1. The lowest BCUT2D eigenvalue weighted by Crippen LogP contribution is -2.40. The first-order valence-electron chi connectivity index (χ1n) is 34.1. The Bertz CT molecular complexity index is 1560. The number of likely N-dealkylation sites (N-methyl/N-ethyl adjacent to an activating group) is 1. The van der Waals surface area contributed by atoms with E-state index in [4.69, 9.17) is 18.9 Å². The van der Waals surface area contributed by atoms with Gasteiger partial charge in [0.2, 0.25) is 0 Å². The molecule has 0 aliphatic heterocycles. The standard InChI is InChI=1S/C72H129NO8/c1-6-8-10-12-14-16-18-20-22-24-26-28-30-32-34-35-37-39-41-43-45-47-49-51-53-55-57-59-61-63-70(75)81-68(67-80-72(71(76)77)78-65-64-73(3,4)5)66-79-69(74)62-60-58-56-54-52-50-48-46-44-42-40-38-36-33-31-29-27-25-23-21-19-17-15-13-11-9-7-2/h8,10,14,16,20,22,26,28,32,34,37,39,68,72H,6-7,9,11-13,15,17-19,21,23-25,27,29-31,33,35-36,38,40-67H2,1-5H3/p+1/b10-8-,16-14-,22-20-,28-26-,34-32-,39-37-. The fourth-order valence-electron chi connectivity index (χ4n) is 9.79. The molecule has 0 saturated carbocycles. The van der Waals surface area contributed by atoms with Gasteiger partial charge in [-0.25, -0.2) is 4.79 Å². The monoisotopic (exact) mass is 1140 g/mol. The molecule has 0 aromatic heterocycles. The van der Waals surface area contributed by atoms with E-state index in [1.807, 2.05) is 21.1 Å². The summed E-state index contributed by atoms with van der Waals surface area (Å²) in [6.07, 6.45) is 80.1. The van der Waals surface area contributed by atoms with Crippen molar-refractivity contribution in [3.63, 3.8) is 0 Å². The molecule has 0 radical (unpaired) electrons. The third-order valence-corrected chi connectivity index (χ3v) is 15.0. The second-order valence-corrected chi connectivity index (χ2v) is 24.1. The number of aliphatic carboxylic acids is 1. The lowest BCUT2D eigenvalue weighted by atomic mass is 10.0. The Hall–Kier alpha value is -3.27. The minimum atomic E-state index is -1.51. The van der Waals surface area contributed by atoms with Gasteiger partial charge in [0.25, 0.3) is 6.29 Å². The Morgan fingerprint density at radius 1 is 0.383 bits per heavy atom. The van der Waals surface area contributed by atoms with E-state index in [2.05, 4.69) is 86.8 Å². The van der Waals surface area contributed by atoms with Gasteiger partial charge in [-0.3, -0.25) is 9.59 Å². The Labute approximate surface area is 500 Å². The molecule has 0 bridgehead atoms. The van der Waals surface area contributed by atoms with Crippen LogP contribution in [0.1, 0.15) is 309 Å². The zero-order valence-electron chi connectivity index (χ0n) is 53.7. The zero-order chi connectivity index (χ0) is 59.1. The lowest BCUT2D eigenvalue weighted by Gasteiger charge is -2.25. The molecule has 2 atom stereocenters. The molecule has 0 saturated heterocycles. The summed E-state index contributed by atoms with van der Waals surface area (Å²) < 4.78 is 23.0. The van der Waals surface area contributed by atoms with E-state index in [0.717, 1.165) is 83.5 Å². The molecule has 0 rings (SSSR count). The molecule has 0 aromatic carbocycles. The van der Waals surface area contributed by atoms with E-state index < -0.39 is 24.3 Å². The molecule has 2 unspecified atom stereocenters.